The van der Waals surface area contributed by atoms with Crippen molar-refractivity contribution in [1.82, 2.24) is 10.2 Å². The Labute approximate surface area is 216 Å². The van der Waals surface area contributed by atoms with Crippen LogP contribution >= 0.6 is 23.1 Å². The number of rotatable bonds is 10. The number of hydrogen-bond acceptors (Lipinski definition) is 9. The van der Waals surface area contributed by atoms with Crippen LogP contribution in [0, 0.1) is 6.92 Å². The first kappa shape index (κ1) is 26.2. The molecule has 11 heteroatoms. The molecule has 2 aromatic carbocycles. The molecule has 36 heavy (non-hydrogen) atoms. The first-order chi connectivity index (χ1) is 17.4. The lowest BCUT2D eigenvalue weighted by Crippen LogP contribution is -2.31. The van der Waals surface area contributed by atoms with Crippen LogP contribution in [0.2, 0.25) is 0 Å². The van der Waals surface area contributed by atoms with Gasteiger partial charge in [0.1, 0.15) is 5.01 Å². The largest absolute Gasteiger partial charge is 0.481 e. The quantitative estimate of drug-likeness (QED) is 0.325. The summed E-state index contributed by atoms with van der Waals surface area (Å²) in [5, 5.41) is 30.0. The number of nitrogens with zero attached hydrogens (tertiary/aromatic N) is 2. The molecule has 1 saturated heterocycles. The van der Waals surface area contributed by atoms with E-state index in [0.29, 0.717) is 17.9 Å². The summed E-state index contributed by atoms with van der Waals surface area (Å²) in [5.41, 5.74) is 3.21. The van der Waals surface area contributed by atoms with Crippen LogP contribution < -0.4 is 5.32 Å². The van der Waals surface area contributed by atoms with Crippen LogP contribution in [0.15, 0.2) is 52.9 Å². The molecule has 3 aromatic rings. The minimum Gasteiger partial charge on any atom is -0.481 e. The Morgan fingerprint density at radius 3 is 2.42 bits per heavy atom. The molecular formula is C25H27N3O6S2. The van der Waals surface area contributed by atoms with Gasteiger partial charge in [0.05, 0.1) is 25.2 Å². The van der Waals surface area contributed by atoms with Crippen LogP contribution in [0.4, 0.5) is 5.69 Å². The molecule has 0 saturated carbocycles. The highest BCUT2D eigenvalue weighted by Crippen LogP contribution is 2.39. The minimum atomic E-state index is -1.01. The summed E-state index contributed by atoms with van der Waals surface area (Å²) < 4.78 is 13.5. The van der Waals surface area contributed by atoms with E-state index >= 15 is 0 Å². The number of carbonyl (C=O) groups is 2. The van der Waals surface area contributed by atoms with E-state index in [1.165, 1.54) is 0 Å². The Hall–Kier alpha value is -2.83. The van der Waals surface area contributed by atoms with Gasteiger partial charge in [-0.1, -0.05) is 59.5 Å². The molecule has 1 aliphatic heterocycles. The molecule has 4 rings (SSSR count). The number of hydrogen-bond donors (Lipinski definition) is 3. The molecule has 0 aliphatic carbocycles. The molecule has 9 nitrogen and oxygen atoms in total. The number of aliphatic hydroxyl groups is 1. The first-order valence-electron chi connectivity index (χ1n) is 11.4. The van der Waals surface area contributed by atoms with Gasteiger partial charge in [-0.15, -0.1) is 10.2 Å². The number of amides is 1. The van der Waals surface area contributed by atoms with Gasteiger partial charge in [0.25, 0.3) is 0 Å². The molecule has 1 amide bonds. The van der Waals surface area contributed by atoms with Gasteiger partial charge < -0.3 is 25.0 Å². The second-order valence-electron chi connectivity index (χ2n) is 8.31. The predicted octanol–water partition coefficient (Wildman–Crippen LogP) is 4.48. The van der Waals surface area contributed by atoms with Gasteiger partial charge in [0.2, 0.25) is 5.91 Å². The second kappa shape index (κ2) is 12.4. The van der Waals surface area contributed by atoms with E-state index in [1.807, 2.05) is 43.3 Å². The van der Waals surface area contributed by atoms with Crippen molar-refractivity contribution in [2.75, 3.05) is 11.1 Å². The molecular weight excluding hydrogens is 502 g/mol. The van der Waals surface area contributed by atoms with E-state index in [2.05, 4.69) is 15.5 Å². The molecule has 3 atom stereocenters. The smallest absolute Gasteiger partial charge is 0.303 e. The standard InChI is InChI=1S/C25H27N3O6S2/c1-15-27-28-25(36-15)35-14-20-12-21(17-4-2-16(13-29)3-5-17)34-24(33-20)18-6-8-19(9-7-18)26-22(30)10-11-23(31)32/h2-9,20-21,24,29H,10-14H2,1H3,(H,26,30)(H,31,32)/t20-,21+,24+/m1/s1. The molecule has 3 N–H and O–H groups in total. The molecule has 0 bridgehead atoms. The van der Waals surface area contributed by atoms with Gasteiger partial charge in [0.15, 0.2) is 10.6 Å². The highest BCUT2D eigenvalue weighted by Gasteiger charge is 2.32. The summed E-state index contributed by atoms with van der Waals surface area (Å²) >= 11 is 3.16. The average Bonchev–Trinajstić information content (AvgIpc) is 3.31. The number of aliphatic carboxylic acids is 1. The van der Waals surface area contributed by atoms with Crippen molar-refractivity contribution < 1.29 is 29.3 Å². The molecule has 2 heterocycles. The zero-order valence-electron chi connectivity index (χ0n) is 19.6. The summed E-state index contributed by atoms with van der Waals surface area (Å²) in [6.45, 7) is 1.91. The molecule has 0 radical (unpaired) electrons. The number of anilines is 1. The fraction of sp³-hybridized carbons (Fsp3) is 0.360. The van der Waals surface area contributed by atoms with Crippen molar-refractivity contribution in [2.45, 2.75) is 55.6 Å². The van der Waals surface area contributed by atoms with E-state index in [4.69, 9.17) is 14.6 Å². The van der Waals surface area contributed by atoms with E-state index in [0.717, 1.165) is 26.0 Å². The lowest BCUT2D eigenvalue weighted by Gasteiger charge is -2.36. The van der Waals surface area contributed by atoms with E-state index in [1.54, 1.807) is 35.2 Å². The Bertz CT molecular complexity index is 1170. The fourth-order valence-electron chi connectivity index (χ4n) is 3.69. The fourth-order valence-corrected chi connectivity index (χ4v) is 5.55. The van der Waals surface area contributed by atoms with Gasteiger partial charge in [-0.25, -0.2) is 0 Å². The monoisotopic (exact) mass is 529 g/mol. The van der Waals surface area contributed by atoms with E-state index in [9.17, 15) is 14.7 Å². The zero-order chi connectivity index (χ0) is 25.5. The highest BCUT2D eigenvalue weighted by molar-refractivity contribution is 8.01. The minimum absolute atomic E-state index is 0.0166. The van der Waals surface area contributed by atoms with Crippen molar-refractivity contribution in [3.05, 3.63) is 70.2 Å². The van der Waals surface area contributed by atoms with E-state index in [-0.39, 0.29) is 37.6 Å². The molecule has 0 spiro atoms. The lowest BCUT2D eigenvalue weighted by atomic mass is 10.0. The van der Waals surface area contributed by atoms with Crippen molar-refractivity contribution in [2.24, 2.45) is 0 Å². The number of aliphatic hydroxyl groups excluding tert-OH is 1. The third-order valence-corrected chi connectivity index (χ3v) is 7.65. The summed E-state index contributed by atoms with van der Waals surface area (Å²) in [6.07, 6.45) is -0.554. The number of nitrogens with one attached hydrogen (secondary N) is 1. The summed E-state index contributed by atoms with van der Waals surface area (Å²) in [5.74, 6) is -0.676. The maximum atomic E-state index is 11.9. The van der Waals surface area contributed by atoms with Gasteiger partial charge in [0, 0.05) is 29.8 Å². The maximum absolute atomic E-state index is 11.9. The van der Waals surface area contributed by atoms with E-state index < -0.39 is 12.3 Å². The number of thioether (sulfide) groups is 1. The van der Waals surface area contributed by atoms with Crippen LogP contribution in [0.1, 0.15) is 53.4 Å². The SMILES string of the molecule is Cc1nnc(SC[C@H]2C[C@@H](c3ccc(CO)cc3)O[C@@H](c3ccc(NC(=O)CCC(=O)O)cc3)O2)s1. The van der Waals surface area contributed by atoms with Gasteiger partial charge >= 0.3 is 5.97 Å². The van der Waals surface area contributed by atoms with Crippen LogP contribution in [-0.2, 0) is 25.7 Å². The number of benzene rings is 2. The number of aryl methyl sites for hydroxylation is 1. The van der Waals surface area contributed by atoms with Crippen molar-refractivity contribution in [1.29, 1.82) is 0 Å². The zero-order valence-corrected chi connectivity index (χ0v) is 21.3. The van der Waals surface area contributed by atoms with Crippen molar-refractivity contribution in [3.63, 3.8) is 0 Å². The Balaban J connectivity index is 1.46. The topological polar surface area (TPSA) is 131 Å². The van der Waals surface area contributed by atoms with Gasteiger partial charge in [-0.05, 0) is 30.2 Å². The number of carbonyl (C=O) groups excluding carboxylic acids is 1. The molecule has 1 aromatic heterocycles. The van der Waals surface area contributed by atoms with Gasteiger partial charge in [-0.3, -0.25) is 9.59 Å². The van der Waals surface area contributed by atoms with Crippen LogP contribution in [-0.4, -0.2) is 44.1 Å². The van der Waals surface area contributed by atoms with Gasteiger partial charge in [-0.2, -0.15) is 0 Å². The average molecular weight is 530 g/mol. The van der Waals surface area contributed by atoms with Crippen LogP contribution in [0.3, 0.4) is 0 Å². The maximum Gasteiger partial charge on any atom is 0.303 e. The molecule has 0 unspecified atom stereocenters. The molecule has 190 valence electrons. The summed E-state index contributed by atoms with van der Waals surface area (Å²) in [7, 11) is 0. The summed E-state index contributed by atoms with van der Waals surface area (Å²) in [4.78, 5) is 22.6. The van der Waals surface area contributed by atoms with Crippen molar-refractivity contribution >= 4 is 40.7 Å². The number of ether oxygens (including phenoxy) is 2. The number of aromatic nitrogens is 2. The molecule has 1 fully saturated rings. The highest BCUT2D eigenvalue weighted by atomic mass is 32.2. The van der Waals surface area contributed by atoms with Crippen LogP contribution in [0.5, 0.6) is 0 Å². The number of carboxylic acids is 1. The third-order valence-electron chi connectivity index (χ3n) is 5.55. The Kier molecular flexibility index (Phi) is 9.05. The third kappa shape index (κ3) is 7.34. The molecule has 1 aliphatic rings. The Morgan fingerprint density at radius 1 is 1.06 bits per heavy atom. The van der Waals surface area contributed by atoms with Crippen molar-refractivity contribution in [3.8, 4) is 0 Å². The Morgan fingerprint density at radius 2 is 1.78 bits per heavy atom. The first-order valence-corrected chi connectivity index (χ1v) is 13.2. The number of carboxylic acid groups (broad SMARTS) is 1. The summed E-state index contributed by atoms with van der Waals surface area (Å²) in [6, 6.07) is 14.8. The normalized spacial score (nSPS) is 19.7. The lowest BCUT2D eigenvalue weighted by molar-refractivity contribution is -0.245. The van der Waals surface area contributed by atoms with Crippen LogP contribution in [0.25, 0.3) is 0 Å². The predicted molar refractivity (Wildman–Crippen MR) is 136 cm³/mol. The second-order valence-corrected chi connectivity index (χ2v) is 10.8.